The Balaban J connectivity index is 3.67. The first-order valence-corrected chi connectivity index (χ1v) is 5.44. The first-order chi connectivity index (χ1) is 7.74. The minimum absolute atomic E-state index is 0.126. The number of carbonyl (C=O) groups excluding carboxylic acids is 1. The van der Waals surface area contributed by atoms with Gasteiger partial charge in [0, 0.05) is 33.7 Å². The SMILES string of the molecule is COCCN(CCCC(=O)NN)CCOC. The zero-order valence-electron chi connectivity index (χ0n) is 10.2. The highest BCUT2D eigenvalue weighted by molar-refractivity contribution is 5.75. The Hall–Kier alpha value is -0.690. The first-order valence-electron chi connectivity index (χ1n) is 5.44. The average Bonchev–Trinajstić information content (AvgIpc) is 2.31. The average molecular weight is 233 g/mol. The van der Waals surface area contributed by atoms with Crippen molar-refractivity contribution in [3.8, 4) is 0 Å². The molecule has 0 rings (SSSR count). The van der Waals surface area contributed by atoms with Crippen molar-refractivity contribution in [3.63, 3.8) is 0 Å². The van der Waals surface area contributed by atoms with Crippen LogP contribution in [0.4, 0.5) is 0 Å². The highest BCUT2D eigenvalue weighted by Gasteiger charge is 2.05. The van der Waals surface area contributed by atoms with Gasteiger partial charge in [0.2, 0.25) is 5.91 Å². The van der Waals surface area contributed by atoms with E-state index in [4.69, 9.17) is 15.3 Å². The molecule has 0 saturated heterocycles. The fourth-order valence-corrected chi connectivity index (χ4v) is 1.31. The van der Waals surface area contributed by atoms with Crippen LogP contribution < -0.4 is 11.3 Å². The Bertz CT molecular complexity index is 171. The van der Waals surface area contributed by atoms with Gasteiger partial charge >= 0.3 is 0 Å². The molecule has 0 spiro atoms. The number of hydrazine groups is 1. The van der Waals surface area contributed by atoms with Crippen LogP contribution in [0.25, 0.3) is 0 Å². The van der Waals surface area contributed by atoms with Crippen molar-refractivity contribution in [1.29, 1.82) is 0 Å². The highest BCUT2D eigenvalue weighted by Crippen LogP contribution is 1.96. The first kappa shape index (κ1) is 15.3. The lowest BCUT2D eigenvalue weighted by Crippen LogP contribution is -2.34. The van der Waals surface area contributed by atoms with E-state index in [9.17, 15) is 4.79 Å². The second-order valence-corrected chi connectivity index (χ2v) is 3.50. The summed E-state index contributed by atoms with van der Waals surface area (Å²) in [7, 11) is 3.35. The van der Waals surface area contributed by atoms with Crippen LogP contribution in [-0.4, -0.2) is 57.9 Å². The van der Waals surface area contributed by atoms with Gasteiger partial charge in [-0.2, -0.15) is 0 Å². The molecule has 0 aromatic rings. The van der Waals surface area contributed by atoms with Crippen molar-refractivity contribution in [2.45, 2.75) is 12.8 Å². The minimum atomic E-state index is -0.126. The largest absolute Gasteiger partial charge is 0.383 e. The van der Waals surface area contributed by atoms with Crippen molar-refractivity contribution in [3.05, 3.63) is 0 Å². The van der Waals surface area contributed by atoms with Crippen LogP contribution in [0.1, 0.15) is 12.8 Å². The molecule has 0 radical (unpaired) electrons. The maximum atomic E-state index is 10.9. The molecule has 1 amide bonds. The Morgan fingerprint density at radius 1 is 1.19 bits per heavy atom. The van der Waals surface area contributed by atoms with Crippen LogP contribution in [0.5, 0.6) is 0 Å². The summed E-state index contributed by atoms with van der Waals surface area (Å²) >= 11 is 0. The Kier molecular flexibility index (Phi) is 10.3. The molecule has 0 aliphatic rings. The van der Waals surface area contributed by atoms with Crippen LogP contribution in [0.3, 0.4) is 0 Å². The van der Waals surface area contributed by atoms with Crippen LogP contribution in [0.15, 0.2) is 0 Å². The van der Waals surface area contributed by atoms with Crippen LogP contribution in [0, 0.1) is 0 Å². The summed E-state index contributed by atoms with van der Waals surface area (Å²) in [5, 5.41) is 0. The summed E-state index contributed by atoms with van der Waals surface area (Å²) in [5.41, 5.74) is 2.12. The summed E-state index contributed by atoms with van der Waals surface area (Å²) in [4.78, 5) is 13.1. The quantitative estimate of drug-likeness (QED) is 0.298. The third kappa shape index (κ3) is 8.60. The van der Waals surface area contributed by atoms with E-state index in [1.807, 2.05) is 0 Å². The fraction of sp³-hybridized carbons (Fsp3) is 0.900. The minimum Gasteiger partial charge on any atom is -0.383 e. The molecule has 0 bridgehead atoms. The normalized spacial score (nSPS) is 10.8. The zero-order valence-corrected chi connectivity index (χ0v) is 10.2. The van der Waals surface area contributed by atoms with Gasteiger partial charge in [0.25, 0.3) is 0 Å². The molecular weight excluding hydrogens is 210 g/mol. The number of hydrogen-bond donors (Lipinski definition) is 2. The summed E-state index contributed by atoms with van der Waals surface area (Å²) in [5.74, 6) is 4.87. The van der Waals surface area contributed by atoms with Crippen molar-refractivity contribution in [1.82, 2.24) is 10.3 Å². The Morgan fingerprint density at radius 2 is 1.75 bits per heavy atom. The number of nitrogens with two attached hydrogens (primary N) is 1. The van der Waals surface area contributed by atoms with Crippen LogP contribution >= 0.6 is 0 Å². The van der Waals surface area contributed by atoms with Crippen molar-refractivity contribution >= 4 is 5.91 Å². The molecule has 96 valence electrons. The number of methoxy groups -OCH3 is 2. The predicted molar refractivity (Wildman–Crippen MR) is 61.8 cm³/mol. The van der Waals surface area contributed by atoms with E-state index in [1.165, 1.54) is 0 Å². The summed E-state index contributed by atoms with van der Waals surface area (Å²) < 4.78 is 10.0. The summed E-state index contributed by atoms with van der Waals surface area (Å²) in [6.45, 7) is 3.92. The van der Waals surface area contributed by atoms with Gasteiger partial charge in [0.1, 0.15) is 0 Å². The maximum Gasteiger partial charge on any atom is 0.233 e. The second kappa shape index (κ2) is 10.8. The monoisotopic (exact) mass is 233 g/mol. The van der Waals surface area contributed by atoms with Crippen molar-refractivity contribution in [2.75, 3.05) is 47.1 Å². The maximum absolute atomic E-state index is 10.9. The number of carbonyl (C=O) groups is 1. The van der Waals surface area contributed by atoms with E-state index in [2.05, 4.69) is 10.3 Å². The van der Waals surface area contributed by atoms with E-state index in [0.717, 1.165) is 26.1 Å². The topological polar surface area (TPSA) is 76.8 Å². The van der Waals surface area contributed by atoms with Gasteiger partial charge in [0.15, 0.2) is 0 Å². The number of rotatable bonds is 10. The number of ether oxygens (including phenoxy) is 2. The van der Waals surface area contributed by atoms with E-state index in [-0.39, 0.29) is 5.91 Å². The lowest BCUT2D eigenvalue weighted by molar-refractivity contribution is -0.121. The van der Waals surface area contributed by atoms with Gasteiger partial charge in [-0.1, -0.05) is 0 Å². The van der Waals surface area contributed by atoms with Crippen molar-refractivity contribution in [2.24, 2.45) is 5.84 Å². The van der Waals surface area contributed by atoms with Crippen molar-refractivity contribution < 1.29 is 14.3 Å². The third-order valence-corrected chi connectivity index (χ3v) is 2.26. The molecule has 0 aliphatic heterocycles. The molecule has 6 nitrogen and oxygen atoms in total. The zero-order chi connectivity index (χ0) is 12.2. The van der Waals surface area contributed by atoms with Gasteiger partial charge in [-0.05, 0) is 13.0 Å². The number of nitrogens with one attached hydrogen (secondary N) is 1. The van der Waals surface area contributed by atoms with E-state index in [0.29, 0.717) is 19.6 Å². The Morgan fingerprint density at radius 3 is 2.19 bits per heavy atom. The number of amides is 1. The molecule has 0 heterocycles. The second-order valence-electron chi connectivity index (χ2n) is 3.50. The predicted octanol–water partition coefficient (Wildman–Crippen LogP) is -0.649. The van der Waals surface area contributed by atoms with Crippen LogP contribution in [0.2, 0.25) is 0 Å². The van der Waals surface area contributed by atoms with Gasteiger partial charge in [0.05, 0.1) is 13.2 Å². The van der Waals surface area contributed by atoms with E-state index < -0.39 is 0 Å². The molecule has 0 atom stereocenters. The molecule has 16 heavy (non-hydrogen) atoms. The molecule has 0 unspecified atom stereocenters. The molecule has 6 heteroatoms. The number of hydrogen-bond acceptors (Lipinski definition) is 5. The third-order valence-electron chi connectivity index (χ3n) is 2.26. The Labute approximate surface area is 97.0 Å². The summed E-state index contributed by atoms with van der Waals surface area (Å²) in [6, 6.07) is 0. The standard InChI is InChI=1S/C10H23N3O3/c1-15-8-6-13(7-9-16-2)5-3-4-10(14)12-11/h3-9,11H2,1-2H3,(H,12,14). The molecule has 3 N–H and O–H groups in total. The highest BCUT2D eigenvalue weighted by atomic mass is 16.5. The molecule has 0 aromatic carbocycles. The lowest BCUT2D eigenvalue weighted by atomic mass is 10.3. The molecule has 0 aliphatic carbocycles. The van der Waals surface area contributed by atoms with Gasteiger partial charge in [-0.15, -0.1) is 0 Å². The molecule has 0 saturated carbocycles. The number of nitrogens with zero attached hydrogens (tertiary/aromatic N) is 1. The smallest absolute Gasteiger partial charge is 0.233 e. The van der Waals surface area contributed by atoms with E-state index >= 15 is 0 Å². The summed E-state index contributed by atoms with van der Waals surface area (Å²) in [6.07, 6.45) is 1.24. The fourth-order valence-electron chi connectivity index (χ4n) is 1.31. The lowest BCUT2D eigenvalue weighted by Gasteiger charge is -2.21. The van der Waals surface area contributed by atoms with E-state index in [1.54, 1.807) is 14.2 Å². The van der Waals surface area contributed by atoms with Gasteiger partial charge < -0.3 is 9.47 Å². The molecule has 0 aromatic heterocycles. The van der Waals surface area contributed by atoms with Crippen LogP contribution in [-0.2, 0) is 14.3 Å². The molecular formula is C10H23N3O3. The molecule has 0 fully saturated rings. The van der Waals surface area contributed by atoms with Gasteiger partial charge in [-0.25, -0.2) is 5.84 Å². The van der Waals surface area contributed by atoms with Gasteiger partial charge in [-0.3, -0.25) is 15.1 Å².